The van der Waals surface area contributed by atoms with Crippen molar-refractivity contribution in [2.75, 3.05) is 19.6 Å². The normalized spacial score (nSPS) is 22.0. The van der Waals surface area contributed by atoms with Crippen LogP contribution in [-0.2, 0) is 6.42 Å². The molecule has 14 heavy (non-hydrogen) atoms. The van der Waals surface area contributed by atoms with Gasteiger partial charge in [-0.25, -0.2) is 0 Å². The molecule has 2 heteroatoms. The largest absolute Gasteiger partial charge is 0.329 e. The summed E-state index contributed by atoms with van der Waals surface area (Å²) in [6.07, 6.45) is 1.17. The molecule has 1 aliphatic rings. The third-order valence-corrected chi connectivity index (χ3v) is 3.14. The second-order valence-corrected chi connectivity index (χ2v) is 3.95. The highest BCUT2D eigenvalue weighted by molar-refractivity contribution is 5.31. The average molecular weight is 190 g/mol. The molecule has 1 aromatic carbocycles. The lowest BCUT2D eigenvalue weighted by molar-refractivity contribution is 0.204. The first-order chi connectivity index (χ1) is 6.83. The Morgan fingerprint density at radius 1 is 1.43 bits per heavy atom. The zero-order valence-corrected chi connectivity index (χ0v) is 8.74. The maximum absolute atomic E-state index is 5.60. The summed E-state index contributed by atoms with van der Waals surface area (Å²) in [5.74, 6) is 0. The molecule has 2 nitrogen and oxygen atoms in total. The van der Waals surface area contributed by atoms with E-state index in [0.717, 1.165) is 19.6 Å². The molecule has 0 amide bonds. The van der Waals surface area contributed by atoms with Crippen molar-refractivity contribution in [2.45, 2.75) is 19.4 Å². The van der Waals surface area contributed by atoms with Crippen LogP contribution < -0.4 is 5.73 Å². The van der Waals surface area contributed by atoms with Crippen molar-refractivity contribution >= 4 is 0 Å². The van der Waals surface area contributed by atoms with Gasteiger partial charge in [-0.1, -0.05) is 24.3 Å². The molecule has 0 saturated heterocycles. The highest BCUT2D eigenvalue weighted by atomic mass is 15.2. The van der Waals surface area contributed by atoms with Crippen LogP contribution in [0, 0.1) is 0 Å². The fourth-order valence-corrected chi connectivity index (χ4v) is 2.30. The summed E-state index contributed by atoms with van der Waals surface area (Å²) in [5, 5.41) is 0. The third-order valence-electron chi connectivity index (χ3n) is 3.14. The van der Waals surface area contributed by atoms with Crippen LogP contribution >= 0.6 is 0 Å². The topological polar surface area (TPSA) is 29.3 Å². The van der Waals surface area contributed by atoms with Gasteiger partial charge < -0.3 is 5.73 Å². The smallest absolute Gasteiger partial charge is 0.0323 e. The van der Waals surface area contributed by atoms with Crippen LogP contribution in [0.3, 0.4) is 0 Å². The van der Waals surface area contributed by atoms with Crippen LogP contribution in [0.5, 0.6) is 0 Å². The molecule has 1 aromatic rings. The van der Waals surface area contributed by atoms with Crippen molar-refractivity contribution in [3.05, 3.63) is 35.4 Å². The van der Waals surface area contributed by atoms with Gasteiger partial charge in [-0.05, 0) is 24.5 Å². The molecule has 0 radical (unpaired) electrons. The molecule has 1 atom stereocenters. The Hall–Kier alpha value is -0.860. The number of benzene rings is 1. The lowest BCUT2D eigenvalue weighted by atomic mass is 9.94. The molecular formula is C12H18N2. The van der Waals surface area contributed by atoms with Crippen LogP contribution in [0.25, 0.3) is 0 Å². The summed E-state index contributed by atoms with van der Waals surface area (Å²) in [7, 11) is 0. The number of nitrogens with zero attached hydrogens (tertiary/aromatic N) is 1. The fraction of sp³-hybridized carbons (Fsp3) is 0.500. The first kappa shape index (κ1) is 9.69. The second kappa shape index (κ2) is 4.11. The lowest BCUT2D eigenvalue weighted by Gasteiger charge is -2.34. The summed E-state index contributed by atoms with van der Waals surface area (Å²) >= 11 is 0. The molecule has 2 rings (SSSR count). The highest BCUT2D eigenvalue weighted by Crippen LogP contribution is 2.28. The van der Waals surface area contributed by atoms with Crippen LogP contribution in [0.15, 0.2) is 24.3 Å². The van der Waals surface area contributed by atoms with E-state index in [1.165, 1.54) is 17.5 Å². The molecule has 0 saturated carbocycles. The Balaban J connectivity index is 2.22. The van der Waals surface area contributed by atoms with Crippen molar-refractivity contribution in [3.8, 4) is 0 Å². The molecule has 0 spiro atoms. The Morgan fingerprint density at radius 2 is 2.21 bits per heavy atom. The molecule has 0 bridgehead atoms. The number of rotatable bonds is 2. The monoisotopic (exact) mass is 190 g/mol. The van der Waals surface area contributed by atoms with Crippen molar-refractivity contribution in [2.24, 2.45) is 5.73 Å². The van der Waals surface area contributed by atoms with Gasteiger partial charge in [0, 0.05) is 25.7 Å². The minimum Gasteiger partial charge on any atom is -0.329 e. The average Bonchev–Trinajstić information content (AvgIpc) is 2.23. The number of fused-ring (bicyclic) bond motifs is 1. The SMILES string of the molecule is CC1c2ccccc2CCN1CCN. The van der Waals surface area contributed by atoms with Crippen molar-refractivity contribution in [1.29, 1.82) is 0 Å². The third kappa shape index (κ3) is 1.68. The fourth-order valence-electron chi connectivity index (χ4n) is 2.30. The van der Waals surface area contributed by atoms with Crippen LogP contribution in [0.2, 0.25) is 0 Å². The van der Waals surface area contributed by atoms with E-state index in [4.69, 9.17) is 5.73 Å². The van der Waals surface area contributed by atoms with Gasteiger partial charge in [-0.3, -0.25) is 4.90 Å². The van der Waals surface area contributed by atoms with E-state index in [0.29, 0.717) is 6.04 Å². The van der Waals surface area contributed by atoms with Crippen molar-refractivity contribution in [1.82, 2.24) is 4.90 Å². The van der Waals surface area contributed by atoms with Gasteiger partial charge in [0.15, 0.2) is 0 Å². The summed E-state index contributed by atoms with van der Waals surface area (Å²) in [5.41, 5.74) is 8.59. The van der Waals surface area contributed by atoms with Crippen molar-refractivity contribution in [3.63, 3.8) is 0 Å². The molecule has 76 valence electrons. The maximum Gasteiger partial charge on any atom is 0.0323 e. The number of hydrogen-bond acceptors (Lipinski definition) is 2. The summed E-state index contributed by atoms with van der Waals surface area (Å²) in [4.78, 5) is 2.46. The highest BCUT2D eigenvalue weighted by Gasteiger charge is 2.21. The van der Waals surface area contributed by atoms with Gasteiger partial charge in [0.1, 0.15) is 0 Å². The van der Waals surface area contributed by atoms with E-state index in [2.05, 4.69) is 36.1 Å². The molecule has 0 aromatic heterocycles. The molecule has 1 unspecified atom stereocenters. The molecule has 0 fully saturated rings. The quantitative estimate of drug-likeness (QED) is 0.767. The summed E-state index contributed by atoms with van der Waals surface area (Å²) in [6, 6.07) is 9.27. The molecule has 2 N–H and O–H groups in total. The maximum atomic E-state index is 5.60. The van der Waals surface area contributed by atoms with Crippen LogP contribution in [0.1, 0.15) is 24.1 Å². The first-order valence-electron chi connectivity index (χ1n) is 5.35. The van der Waals surface area contributed by atoms with E-state index >= 15 is 0 Å². The van der Waals surface area contributed by atoms with Gasteiger partial charge >= 0.3 is 0 Å². The molecule has 1 aliphatic heterocycles. The van der Waals surface area contributed by atoms with E-state index in [1.54, 1.807) is 0 Å². The number of nitrogens with two attached hydrogens (primary N) is 1. The van der Waals surface area contributed by atoms with Gasteiger partial charge in [0.2, 0.25) is 0 Å². The number of hydrogen-bond donors (Lipinski definition) is 1. The molecule has 1 heterocycles. The van der Waals surface area contributed by atoms with Crippen LogP contribution in [0.4, 0.5) is 0 Å². The van der Waals surface area contributed by atoms with E-state index in [9.17, 15) is 0 Å². The van der Waals surface area contributed by atoms with Crippen molar-refractivity contribution < 1.29 is 0 Å². The van der Waals surface area contributed by atoms with E-state index < -0.39 is 0 Å². The standard InChI is InChI=1S/C12H18N2/c1-10-12-5-3-2-4-11(12)6-8-14(10)9-7-13/h2-5,10H,6-9,13H2,1H3. The van der Waals surface area contributed by atoms with Crippen LogP contribution in [-0.4, -0.2) is 24.5 Å². The zero-order valence-electron chi connectivity index (χ0n) is 8.74. The summed E-state index contributed by atoms with van der Waals surface area (Å²) < 4.78 is 0. The Bertz CT molecular complexity index is 309. The lowest BCUT2D eigenvalue weighted by Crippen LogP contribution is -2.37. The second-order valence-electron chi connectivity index (χ2n) is 3.95. The van der Waals surface area contributed by atoms with Gasteiger partial charge in [0.05, 0.1) is 0 Å². The van der Waals surface area contributed by atoms with Gasteiger partial charge in [-0.2, -0.15) is 0 Å². The minimum absolute atomic E-state index is 0.531. The van der Waals surface area contributed by atoms with E-state index in [1.807, 2.05) is 0 Å². The molecular weight excluding hydrogens is 172 g/mol. The Morgan fingerprint density at radius 3 is 3.00 bits per heavy atom. The van der Waals surface area contributed by atoms with Gasteiger partial charge in [0.25, 0.3) is 0 Å². The minimum atomic E-state index is 0.531. The Kier molecular flexibility index (Phi) is 2.85. The summed E-state index contributed by atoms with van der Waals surface area (Å²) in [6.45, 7) is 5.19. The zero-order chi connectivity index (χ0) is 9.97. The Labute approximate surface area is 85.7 Å². The van der Waals surface area contributed by atoms with E-state index in [-0.39, 0.29) is 0 Å². The predicted molar refractivity (Wildman–Crippen MR) is 59.2 cm³/mol. The predicted octanol–water partition coefficient (Wildman–Crippen LogP) is 1.56. The molecule has 0 aliphatic carbocycles. The first-order valence-corrected chi connectivity index (χ1v) is 5.35. The van der Waals surface area contributed by atoms with Gasteiger partial charge in [-0.15, -0.1) is 0 Å².